The van der Waals surface area contributed by atoms with Crippen LogP contribution in [0.15, 0.2) is 78.9 Å². The highest BCUT2D eigenvalue weighted by Gasteiger charge is 2.33. The lowest BCUT2D eigenvalue weighted by molar-refractivity contribution is 0.0599. The number of carbonyl (C=O) groups excluding carboxylic acids is 1. The van der Waals surface area contributed by atoms with Gasteiger partial charge in [0.1, 0.15) is 17.7 Å². The van der Waals surface area contributed by atoms with Crippen LogP contribution in [0.25, 0.3) is 10.8 Å². The maximum Gasteiger partial charge on any atom is 0.338 e. The first-order valence-corrected chi connectivity index (χ1v) is 12.3. The molecular weight excluding hydrogens is 453 g/mol. The van der Waals surface area contributed by atoms with Crippen molar-refractivity contribution in [2.45, 2.75) is 38.3 Å². The number of carbonyl (C=O) groups is 1. The topological polar surface area (TPSA) is 47.6 Å². The summed E-state index contributed by atoms with van der Waals surface area (Å²) in [4.78, 5) is 12.3. The summed E-state index contributed by atoms with van der Waals surface area (Å²) < 4.78 is 26.6. The van der Waals surface area contributed by atoms with Gasteiger partial charge in [0.05, 0.1) is 12.7 Å². The molecule has 1 heterocycles. The molecule has 0 saturated carbocycles. The second kappa shape index (κ2) is 10.1. The molecule has 4 aromatic rings. The molecule has 0 radical (unpaired) electrons. The standard InChI is InChI=1S/C31H30FNO3/c1-19-23(31(34)35-3)15-16-28(32)30(19)27-17-22(36-29-14-7-6-12-26(27)29)18-33-20(2)24-13-8-10-21-9-4-5-11-25(21)24/h4-16,20,22,27,33H,17-18H2,1-3H3/t20?,22-,27-/m1/s1. The number of para-hydroxylation sites is 1. The number of halogens is 1. The molecule has 4 nitrogen and oxygen atoms in total. The zero-order valence-corrected chi connectivity index (χ0v) is 20.8. The average Bonchev–Trinajstić information content (AvgIpc) is 2.91. The minimum atomic E-state index is -0.462. The molecule has 36 heavy (non-hydrogen) atoms. The van der Waals surface area contributed by atoms with Gasteiger partial charge in [-0.05, 0) is 65.9 Å². The van der Waals surface area contributed by atoms with E-state index in [1.165, 1.54) is 35.6 Å². The molecule has 1 N–H and O–H groups in total. The fourth-order valence-corrected chi connectivity index (χ4v) is 5.39. The van der Waals surface area contributed by atoms with Crippen LogP contribution in [0.3, 0.4) is 0 Å². The van der Waals surface area contributed by atoms with Crippen LogP contribution in [0.2, 0.25) is 0 Å². The van der Waals surface area contributed by atoms with Gasteiger partial charge in [0.25, 0.3) is 0 Å². The van der Waals surface area contributed by atoms with Crippen molar-refractivity contribution in [2.24, 2.45) is 0 Å². The highest BCUT2D eigenvalue weighted by molar-refractivity contribution is 5.91. The summed E-state index contributed by atoms with van der Waals surface area (Å²) in [5, 5.41) is 6.08. The molecule has 1 aliphatic heterocycles. The number of fused-ring (bicyclic) bond motifs is 2. The van der Waals surface area contributed by atoms with Crippen molar-refractivity contribution in [3.05, 3.63) is 112 Å². The molecular formula is C31H30FNO3. The van der Waals surface area contributed by atoms with E-state index in [9.17, 15) is 4.79 Å². The fourth-order valence-electron chi connectivity index (χ4n) is 5.39. The summed E-state index contributed by atoms with van der Waals surface area (Å²) in [6.45, 7) is 4.55. The summed E-state index contributed by atoms with van der Waals surface area (Å²) in [6.07, 6.45) is 0.428. The monoisotopic (exact) mass is 483 g/mol. The quantitative estimate of drug-likeness (QED) is 0.310. The van der Waals surface area contributed by atoms with Gasteiger partial charge >= 0.3 is 5.97 Å². The zero-order chi connectivity index (χ0) is 25.2. The Morgan fingerprint density at radius 3 is 2.64 bits per heavy atom. The second-order valence-electron chi connectivity index (χ2n) is 9.39. The van der Waals surface area contributed by atoms with Crippen LogP contribution < -0.4 is 10.1 Å². The maximum absolute atomic E-state index is 15.3. The Labute approximate surface area is 211 Å². The van der Waals surface area contributed by atoms with E-state index < -0.39 is 5.97 Å². The average molecular weight is 484 g/mol. The SMILES string of the molecule is COC(=O)c1ccc(F)c([C@@H]2C[C@H](CNC(C)c3cccc4ccccc34)Oc3ccccc32)c1C. The summed E-state index contributed by atoms with van der Waals surface area (Å²) in [6, 6.07) is 25.5. The van der Waals surface area contributed by atoms with E-state index >= 15 is 4.39 Å². The van der Waals surface area contributed by atoms with Gasteiger partial charge in [-0.3, -0.25) is 0 Å². The predicted molar refractivity (Wildman–Crippen MR) is 140 cm³/mol. The lowest BCUT2D eigenvalue weighted by atomic mass is 9.81. The molecule has 0 amide bonds. The molecule has 0 aliphatic carbocycles. The minimum absolute atomic E-state index is 0.108. The van der Waals surface area contributed by atoms with Crippen molar-refractivity contribution in [1.82, 2.24) is 5.32 Å². The van der Waals surface area contributed by atoms with Gasteiger partial charge in [-0.15, -0.1) is 0 Å². The van der Waals surface area contributed by atoms with Gasteiger partial charge in [0, 0.05) is 24.1 Å². The van der Waals surface area contributed by atoms with Crippen molar-refractivity contribution in [2.75, 3.05) is 13.7 Å². The molecule has 3 atom stereocenters. The second-order valence-corrected chi connectivity index (χ2v) is 9.39. The normalized spacial score (nSPS) is 17.8. The number of rotatable bonds is 6. The molecule has 5 rings (SSSR count). The summed E-state index contributed by atoms with van der Waals surface area (Å²) in [5.74, 6) is -0.270. The van der Waals surface area contributed by atoms with Crippen LogP contribution in [0, 0.1) is 12.7 Å². The number of methoxy groups -OCH3 is 1. The Bertz CT molecular complexity index is 1410. The molecule has 184 valence electrons. The third kappa shape index (κ3) is 4.47. The highest BCUT2D eigenvalue weighted by atomic mass is 19.1. The van der Waals surface area contributed by atoms with Crippen molar-refractivity contribution >= 4 is 16.7 Å². The summed E-state index contributed by atoms with van der Waals surface area (Å²) in [7, 11) is 1.34. The third-order valence-corrected chi connectivity index (χ3v) is 7.24. The first-order valence-electron chi connectivity index (χ1n) is 12.3. The number of nitrogens with one attached hydrogen (secondary N) is 1. The minimum Gasteiger partial charge on any atom is -0.489 e. The van der Waals surface area contributed by atoms with Gasteiger partial charge in [0.15, 0.2) is 0 Å². The van der Waals surface area contributed by atoms with Crippen molar-refractivity contribution in [1.29, 1.82) is 0 Å². The molecule has 5 heteroatoms. The van der Waals surface area contributed by atoms with E-state index in [1.807, 2.05) is 30.3 Å². The fraction of sp³-hybridized carbons (Fsp3) is 0.258. The summed E-state index contributed by atoms with van der Waals surface area (Å²) >= 11 is 0. The molecule has 0 spiro atoms. The molecule has 0 fully saturated rings. The van der Waals surface area contributed by atoms with Crippen LogP contribution >= 0.6 is 0 Å². The van der Waals surface area contributed by atoms with Gasteiger partial charge in [-0.25, -0.2) is 9.18 Å². The lowest BCUT2D eigenvalue weighted by Gasteiger charge is -2.34. The molecule has 0 aromatic heterocycles. The van der Waals surface area contributed by atoms with Crippen LogP contribution in [0.4, 0.5) is 4.39 Å². The Balaban J connectivity index is 1.43. The van der Waals surface area contributed by atoms with Crippen LogP contribution in [0.1, 0.15) is 57.9 Å². The largest absolute Gasteiger partial charge is 0.489 e. The van der Waals surface area contributed by atoms with E-state index in [-0.39, 0.29) is 23.9 Å². The van der Waals surface area contributed by atoms with E-state index in [2.05, 4.69) is 48.6 Å². The number of esters is 1. The Kier molecular flexibility index (Phi) is 6.75. The summed E-state index contributed by atoms with van der Waals surface area (Å²) in [5.41, 5.74) is 3.69. The molecule has 1 aliphatic rings. The Hall–Kier alpha value is -3.70. The highest BCUT2D eigenvalue weighted by Crippen LogP contribution is 2.43. The lowest BCUT2D eigenvalue weighted by Crippen LogP contribution is -2.37. The number of ether oxygens (including phenoxy) is 2. The van der Waals surface area contributed by atoms with Gasteiger partial charge in [0.2, 0.25) is 0 Å². The molecule has 0 saturated heterocycles. The van der Waals surface area contributed by atoms with Gasteiger partial charge < -0.3 is 14.8 Å². The van der Waals surface area contributed by atoms with E-state index in [0.29, 0.717) is 29.7 Å². The first kappa shape index (κ1) is 24.0. The number of benzene rings is 4. The van der Waals surface area contributed by atoms with Gasteiger partial charge in [-0.1, -0.05) is 60.7 Å². The smallest absolute Gasteiger partial charge is 0.338 e. The zero-order valence-electron chi connectivity index (χ0n) is 20.8. The number of hydrogen-bond acceptors (Lipinski definition) is 4. The van der Waals surface area contributed by atoms with Gasteiger partial charge in [-0.2, -0.15) is 0 Å². The van der Waals surface area contributed by atoms with Crippen molar-refractivity contribution in [3.8, 4) is 5.75 Å². The van der Waals surface area contributed by atoms with Crippen LogP contribution in [-0.4, -0.2) is 25.7 Å². The molecule has 4 aromatic carbocycles. The van der Waals surface area contributed by atoms with E-state index in [4.69, 9.17) is 9.47 Å². The van der Waals surface area contributed by atoms with E-state index in [0.717, 1.165) is 11.3 Å². The van der Waals surface area contributed by atoms with E-state index in [1.54, 1.807) is 6.92 Å². The maximum atomic E-state index is 15.3. The van der Waals surface area contributed by atoms with Crippen LogP contribution in [-0.2, 0) is 4.74 Å². The van der Waals surface area contributed by atoms with Crippen molar-refractivity contribution < 1.29 is 18.7 Å². The number of hydrogen-bond donors (Lipinski definition) is 1. The van der Waals surface area contributed by atoms with Crippen LogP contribution in [0.5, 0.6) is 5.75 Å². The predicted octanol–water partition coefficient (Wildman–Crippen LogP) is 6.71. The first-order chi connectivity index (χ1) is 17.5. The molecule has 1 unspecified atom stereocenters. The Morgan fingerprint density at radius 1 is 1.06 bits per heavy atom. The Morgan fingerprint density at radius 2 is 1.81 bits per heavy atom. The van der Waals surface area contributed by atoms with Crippen molar-refractivity contribution in [3.63, 3.8) is 0 Å². The third-order valence-electron chi connectivity index (χ3n) is 7.24. The molecule has 0 bridgehead atoms.